The molecule has 5 heteroatoms. The molecule has 7 heavy (non-hydrogen) atoms. The van der Waals surface area contributed by atoms with Gasteiger partial charge >= 0.3 is 11.0 Å². The van der Waals surface area contributed by atoms with Crippen LogP contribution in [0.1, 0.15) is 0 Å². The SMILES string of the molecule is [O-]C[O-].[O-]C[O-].[Si+4]. The van der Waals surface area contributed by atoms with Crippen molar-refractivity contribution in [1.82, 2.24) is 0 Å². The zero-order valence-electron chi connectivity index (χ0n) is 3.55. The van der Waals surface area contributed by atoms with Crippen molar-refractivity contribution in [3.05, 3.63) is 0 Å². The fourth-order valence-corrected chi connectivity index (χ4v) is 0. The van der Waals surface area contributed by atoms with Gasteiger partial charge in [0, 0.05) is 0 Å². The van der Waals surface area contributed by atoms with Gasteiger partial charge in [-0.25, -0.2) is 13.6 Å². The molecule has 0 saturated carbocycles. The molecule has 0 radical (unpaired) electrons. The molecule has 40 valence electrons. The van der Waals surface area contributed by atoms with E-state index in [2.05, 4.69) is 0 Å². The van der Waals surface area contributed by atoms with Crippen molar-refractivity contribution in [2.45, 2.75) is 0 Å². The molecule has 0 bridgehead atoms. The van der Waals surface area contributed by atoms with Gasteiger partial charge < -0.3 is 20.4 Å². The van der Waals surface area contributed by atoms with Crippen molar-refractivity contribution in [3.8, 4) is 0 Å². The van der Waals surface area contributed by atoms with E-state index in [9.17, 15) is 0 Å². The zero-order chi connectivity index (χ0) is 5.41. The number of hydrogen-bond donors (Lipinski definition) is 0. The Hall–Kier alpha value is 0.0569. The Morgan fingerprint density at radius 2 is 0.714 bits per heavy atom. The molecule has 0 rings (SSSR count). The van der Waals surface area contributed by atoms with Gasteiger partial charge in [0.25, 0.3) is 0 Å². The summed E-state index contributed by atoms with van der Waals surface area (Å²) in [7, 11) is 0. The third-order valence-electron chi connectivity index (χ3n) is 0. The maximum atomic E-state index is 8.38. The second-order valence-electron chi connectivity index (χ2n) is 0.236. The first-order valence-corrected chi connectivity index (χ1v) is 1.15. The van der Waals surface area contributed by atoms with Gasteiger partial charge in [0.2, 0.25) is 0 Å². The van der Waals surface area contributed by atoms with E-state index in [1.165, 1.54) is 0 Å². The first-order valence-electron chi connectivity index (χ1n) is 1.15. The minimum Gasteiger partial charge on any atom is -0.868 e. The fraction of sp³-hybridized carbons (Fsp3) is 1.00. The van der Waals surface area contributed by atoms with Gasteiger partial charge in [-0.15, -0.1) is 0 Å². The monoisotopic (exact) mass is 120 g/mol. The standard InChI is InChI=1S/2CH2O2.Si/c2*2-1-3;/h2*1H2;/q2*-2;+4. The summed E-state index contributed by atoms with van der Waals surface area (Å²) in [6.07, 6.45) is 0. The third-order valence-corrected chi connectivity index (χ3v) is 0. The summed E-state index contributed by atoms with van der Waals surface area (Å²) in [5.41, 5.74) is 0. The molecular formula is C2H4O4Si. The second-order valence-corrected chi connectivity index (χ2v) is 0.236. The van der Waals surface area contributed by atoms with Gasteiger partial charge in [0.1, 0.15) is 0 Å². The molecule has 0 heterocycles. The molecule has 0 spiro atoms. The Labute approximate surface area is 46.1 Å². The number of hydrogen-bond acceptors (Lipinski definition) is 4. The van der Waals surface area contributed by atoms with Crippen molar-refractivity contribution >= 4 is 11.0 Å². The van der Waals surface area contributed by atoms with Crippen LogP contribution in [0.2, 0.25) is 0 Å². The van der Waals surface area contributed by atoms with Gasteiger partial charge in [0.15, 0.2) is 0 Å². The average Bonchev–Trinajstić information content (AvgIpc) is 1.39. The summed E-state index contributed by atoms with van der Waals surface area (Å²) >= 11 is 0. The van der Waals surface area contributed by atoms with Gasteiger partial charge in [-0.3, -0.25) is 0 Å². The molecule has 0 fully saturated rings. The van der Waals surface area contributed by atoms with E-state index in [0.717, 1.165) is 0 Å². The predicted molar refractivity (Wildman–Crippen MR) is 15.5 cm³/mol. The summed E-state index contributed by atoms with van der Waals surface area (Å²) < 4.78 is 0. The van der Waals surface area contributed by atoms with E-state index in [-0.39, 0.29) is 11.0 Å². The van der Waals surface area contributed by atoms with Crippen molar-refractivity contribution in [3.63, 3.8) is 0 Å². The largest absolute Gasteiger partial charge is 4.00 e. The van der Waals surface area contributed by atoms with Crippen LogP contribution in [0.15, 0.2) is 0 Å². The molecule has 0 N–H and O–H groups in total. The quantitative estimate of drug-likeness (QED) is 0.236. The van der Waals surface area contributed by atoms with Crippen LogP contribution < -0.4 is 20.4 Å². The summed E-state index contributed by atoms with van der Waals surface area (Å²) in [4.78, 5) is 0. The summed E-state index contributed by atoms with van der Waals surface area (Å²) in [6, 6.07) is 0. The van der Waals surface area contributed by atoms with Crippen molar-refractivity contribution in [2.24, 2.45) is 0 Å². The van der Waals surface area contributed by atoms with Gasteiger partial charge in [-0.05, 0) is 0 Å². The Morgan fingerprint density at radius 1 is 0.714 bits per heavy atom. The minimum absolute atomic E-state index is 0. The van der Waals surface area contributed by atoms with E-state index in [1.807, 2.05) is 0 Å². The Bertz CT molecular complexity index is 11.7. The van der Waals surface area contributed by atoms with Crippen LogP contribution in [-0.2, 0) is 0 Å². The molecule has 0 saturated heterocycles. The van der Waals surface area contributed by atoms with Crippen molar-refractivity contribution < 1.29 is 20.4 Å². The topological polar surface area (TPSA) is 92.2 Å². The summed E-state index contributed by atoms with van der Waals surface area (Å²) in [5.74, 6) is 0. The van der Waals surface area contributed by atoms with Crippen LogP contribution in [0.25, 0.3) is 0 Å². The molecule has 0 aromatic rings. The second kappa shape index (κ2) is 36.6. The average molecular weight is 120 g/mol. The van der Waals surface area contributed by atoms with Crippen molar-refractivity contribution in [1.29, 1.82) is 0 Å². The molecule has 0 aliphatic heterocycles. The van der Waals surface area contributed by atoms with Crippen LogP contribution in [-0.4, -0.2) is 24.6 Å². The molecular weight excluding hydrogens is 116 g/mol. The molecule has 0 aromatic carbocycles. The third kappa shape index (κ3) is 30800. The summed E-state index contributed by atoms with van der Waals surface area (Å²) in [6.45, 7) is -2.50. The fourth-order valence-electron chi connectivity index (χ4n) is 0. The van der Waals surface area contributed by atoms with E-state index < -0.39 is 13.6 Å². The van der Waals surface area contributed by atoms with E-state index in [4.69, 9.17) is 20.4 Å². The first kappa shape index (κ1) is 15.7. The molecule has 0 atom stereocenters. The van der Waals surface area contributed by atoms with Crippen LogP contribution in [0.5, 0.6) is 0 Å². The van der Waals surface area contributed by atoms with Crippen LogP contribution in [0.3, 0.4) is 0 Å². The zero-order valence-corrected chi connectivity index (χ0v) is 4.55. The van der Waals surface area contributed by atoms with Gasteiger partial charge in [0.05, 0.1) is 0 Å². The van der Waals surface area contributed by atoms with E-state index in [1.54, 1.807) is 0 Å². The normalized spacial score (nSPS) is 5.14. The molecule has 4 nitrogen and oxygen atoms in total. The molecule has 0 aliphatic rings. The molecule has 0 aromatic heterocycles. The molecule has 0 aliphatic carbocycles. The number of rotatable bonds is 0. The maximum Gasteiger partial charge on any atom is 4.00 e. The Morgan fingerprint density at radius 3 is 0.714 bits per heavy atom. The van der Waals surface area contributed by atoms with Gasteiger partial charge in [-0.1, -0.05) is 0 Å². The maximum absolute atomic E-state index is 8.38. The molecule has 0 amide bonds. The van der Waals surface area contributed by atoms with Crippen LogP contribution in [0, 0.1) is 0 Å². The van der Waals surface area contributed by atoms with Crippen molar-refractivity contribution in [2.75, 3.05) is 13.6 Å². The Kier molecular flexibility index (Phi) is 82.3. The van der Waals surface area contributed by atoms with E-state index in [0.29, 0.717) is 0 Å². The Balaban J connectivity index is -0.0000000400. The van der Waals surface area contributed by atoms with Crippen LogP contribution in [0.4, 0.5) is 0 Å². The van der Waals surface area contributed by atoms with Crippen LogP contribution >= 0.6 is 0 Å². The first-order chi connectivity index (χ1) is 2.83. The molecule has 0 unspecified atom stereocenters. The smallest absolute Gasteiger partial charge is 0.868 e. The summed E-state index contributed by atoms with van der Waals surface area (Å²) in [5, 5.41) is 33.5. The van der Waals surface area contributed by atoms with Gasteiger partial charge in [-0.2, -0.15) is 0 Å². The minimum atomic E-state index is -1.25. The predicted octanol–water partition coefficient (Wildman–Crippen LogP) is -5.05. The van der Waals surface area contributed by atoms with E-state index >= 15 is 0 Å².